The van der Waals surface area contributed by atoms with Gasteiger partial charge in [0.1, 0.15) is 10.8 Å². The zero-order valence-corrected chi connectivity index (χ0v) is 17.8. The van der Waals surface area contributed by atoms with Crippen LogP contribution >= 0.6 is 11.8 Å². The molecule has 7 nitrogen and oxygen atoms in total. The van der Waals surface area contributed by atoms with Crippen molar-refractivity contribution in [1.29, 1.82) is 0 Å². The summed E-state index contributed by atoms with van der Waals surface area (Å²) in [5, 5.41) is 7.35. The second-order valence-electron chi connectivity index (χ2n) is 7.26. The SMILES string of the molecule is C=CCSc1ncccc1C(=O)N[C@H]1CC[C@@H](Nc2nccc(N(C)C)n2)CC1. The largest absolute Gasteiger partial charge is 0.363 e. The lowest BCUT2D eigenvalue weighted by molar-refractivity contribution is 0.0923. The van der Waals surface area contributed by atoms with Crippen molar-refractivity contribution in [3.05, 3.63) is 48.8 Å². The molecule has 0 atom stereocenters. The molecule has 2 aromatic heterocycles. The van der Waals surface area contributed by atoms with E-state index in [4.69, 9.17) is 0 Å². The first-order valence-corrected chi connectivity index (χ1v) is 10.8. The van der Waals surface area contributed by atoms with Crippen LogP contribution in [-0.2, 0) is 0 Å². The lowest BCUT2D eigenvalue weighted by Crippen LogP contribution is -2.40. The van der Waals surface area contributed by atoms with Gasteiger partial charge in [0.2, 0.25) is 5.95 Å². The Morgan fingerprint density at radius 1 is 1.21 bits per heavy atom. The highest BCUT2D eigenvalue weighted by molar-refractivity contribution is 7.99. The van der Waals surface area contributed by atoms with Crippen molar-refractivity contribution < 1.29 is 4.79 Å². The van der Waals surface area contributed by atoms with Crippen LogP contribution in [0.4, 0.5) is 11.8 Å². The van der Waals surface area contributed by atoms with Crippen LogP contribution in [-0.4, -0.2) is 52.8 Å². The van der Waals surface area contributed by atoms with Crippen LogP contribution in [0.1, 0.15) is 36.0 Å². The molecule has 1 fully saturated rings. The van der Waals surface area contributed by atoms with Gasteiger partial charge in [-0.3, -0.25) is 4.79 Å². The molecule has 0 unspecified atom stereocenters. The van der Waals surface area contributed by atoms with E-state index in [2.05, 4.69) is 32.2 Å². The molecule has 0 aromatic carbocycles. The highest BCUT2D eigenvalue weighted by Gasteiger charge is 2.24. The number of thioether (sulfide) groups is 1. The molecule has 2 aromatic rings. The molecule has 1 saturated carbocycles. The number of hydrogen-bond acceptors (Lipinski definition) is 7. The highest BCUT2D eigenvalue weighted by atomic mass is 32.2. The van der Waals surface area contributed by atoms with Crippen LogP contribution in [0.25, 0.3) is 0 Å². The average Bonchev–Trinajstić information content (AvgIpc) is 2.74. The van der Waals surface area contributed by atoms with Crippen LogP contribution in [0.5, 0.6) is 0 Å². The van der Waals surface area contributed by atoms with E-state index in [1.54, 1.807) is 18.5 Å². The Hall–Kier alpha value is -2.61. The maximum absolute atomic E-state index is 12.7. The van der Waals surface area contributed by atoms with Crippen LogP contribution < -0.4 is 15.5 Å². The summed E-state index contributed by atoms with van der Waals surface area (Å²) >= 11 is 1.52. The minimum Gasteiger partial charge on any atom is -0.363 e. The Kier molecular flexibility index (Phi) is 7.46. The number of rotatable bonds is 8. The molecule has 2 N–H and O–H groups in total. The smallest absolute Gasteiger partial charge is 0.254 e. The first kappa shape index (κ1) is 21.1. The van der Waals surface area contributed by atoms with Crippen LogP contribution in [0.3, 0.4) is 0 Å². The first-order chi connectivity index (χ1) is 14.1. The summed E-state index contributed by atoms with van der Waals surface area (Å²) in [6, 6.07) is 6.01. The molecule has 2 heterocycles. The number of amides is 1. The van der Waals surface area contributed by atoms with Gasteiger partial charge in [-0.15, -0.1) is 18.3 Å². The van der Waals surface area contributed by atoms with E-state index in [1.807, 2.05) is 37.2 Å². The molecule has 0 bridgehead atoms. The maximum Gasteiger partial charge on any atom is 0.254 e. The first-order valence-electron chi connectivity index (χ1n) is 9.83. The van der Waals surface area contributed by atoms with Crippen molar-refractivity contribution in [2.75, 3.05) is 30.1 Å². The minimum atomic E-state index is -0.0527. The Labute approximate surface area is 176 Å². The van der Waals surface area contributed by atoms with Gasteiger partial charge >= 0.3 is 0 Å². The van der Waals surface area contributed by atoms with Gasteiger partial charge in [-0.05, 0) is 43.9 Å². The van der Waals surface area contributed by atoms with E-state index < -0.39 is 0 Å². The van der Waals surface area contributed by atoms with Crippen molar-refractivity contribution in [2.24, 2.45) is 0 Å². The van der Waals surface area contributed by atoms with Gasteiger partial charge in [0.25, 0.3) is 5.91 Å². The van der Waals surface area contributed by atoms with E-state index in [9.17, 15) is 4.79 Å². The molecule has 0 aliphatic heterocycles. The number of pyridine rings is 1. The fourth-order valence-corrected chi connectivity index (χ4v) is 4.04. The Morgan fingerprint density at radius 2 is 1.97 bits per heavy atom. The number of hydrogen-bond donors (Lipinski definition) is 2. The van der Waals surface area contributed by atoms with Gasteiger partial charge in [-0.25, -0.2) is 9.97 Å². The number of nitrogens with one attached hydrogen (secondary N) is 2. The molecule has 8 heteroatoms. The summed E-state index contributed by atoms with van der Waals surface area (Å²) in [4.78, 5) is 27.9. The number of aromatic nitrogens is 3. The van der Waals surface area contributed by atoms with E-state index in [-0.39, 0.29) is 11.9 Å². The molecule has 0 radical (unpaired) electrons. The quantitative estimate of drug-likeness (QED) is 0.508. The average molecular weight is 413 g/mol. The second-order valence-corrected chi connectivity index (χ2v) is 8.26. The van der Waals surface area contributed by atoms with Gasteiger partial charge < -0.3 is 15.5 Å². The van der Waals surface area contributed by atoms with Crippen LogP contribution in [0.15, 0.2) is 48.3 Å². The molecule has 154 valence electrons. The van der Waals surface area contributed by atoms with Crippen molar-refractivity contribution in [2.45, 2.75) is 42.8 Å². The third-order valence-corrected chi connectivity index (χ3v) is 5.85. The van der Waals surface area contributed by atoms with Crippen LogP contribution in [0.2, 0.25) is 0 Å². The summed E-state index contributed by atoms with van der Waals surface area (Å²) < 4.78 is 0. The van der Waals surface area contributed by atoms with Gasteiger partial charge in [0, 0.05) is 44.3 Å². The predicted molar refractivity (Wildman–Crippen MR) is 119 cm³/mol. The van der Waals surface area contributed by atoms with E-state index >= 15 is 0 Å². The van der Waals surface area contributed by atoms with E-state index in [1.165, 1.54) is 11.8 Å². The molecule has 0 spiro atoms. The summed E-state index contributed by atoms with van der Waals surface area (Å²) in [5.74, 6) is 2.21. The summed E-state index contributed by atoms with van der Waals surface area (Å²) in [6.45, 7) is 3.73. The van der Waals surface area contributed by atoms with Gasteiger partial charge in [0.15, 0.2) is 0 Å². The minimum absolute atomic E-state index is 0.0527. The van der Waals surface area contributed by atoms with E-state index in [0.717, 1.165) is 42.3 Å². The monoisotopic (exact) mass is 412 g/mol. The lowest BCUT2D eigenvalue weighted by atomic mass is 9.91. The number of carbonyl (C=O) groups is 1. The Bertz CT molecular complexity index is 835. The molecular weight excluding hydrogens is 384 g/mol. The Balaban J connectivity index is 1.52. The molecule has 3 rings (SSSR count). The number of anilines is 2. The lowest BCUT2D eigenvalue weighted by Gasteiger charge is -2.30. The highest BCUT2D eigenvalue weighted by Crippen LogP contribution is 2.24. The predicted octanol–water partition coefficient (Wildman–Crippen LogP) is 3.37. The van der Waals surface area contributed by atoms with Gasteiger partial charge in [-0.1, -0.05) is 6.08 Å². The van der Waals surface area contributed by atoms with Crippen molar-refractivity contribution in [3.8, 4) is 0 Å². The number of nitrogens with zero attached hydrogens (tertiary/aromatic N) is 4. The summed E-state index contributed by atoms with van der Waals surface area (Å²) in [6.07, 6.45) is 9.07. The van der Waals surface area contributed by atoms with Gasteiger partial charge in [0.05, 0.1) is 5.56 Å². The van der Waals surface area contributed by atoms with Crippen LogP contribution in [0, 0.1) is 0 Å². The second kappa shape index (κ2) is 10.2. The van der Waals surface area contributed by atoms with Crippen molar-refractivity contribution >= 4 is 29.4 Å². The standard InChI is InChI=1S/C21H28N6OS/c1-4-14-29-20-17(6-5-12-22-20)19(28)24-15-7-9-16(10-8-15)25-21-23-13-11-18(26-21)27(2)3/h4-6,11-13,15-16H,1,7-10,14H2,2-3H3,(H,24,28)(H,23,25,26)/t15-,16+. The van der Waals surface area contributed by atoms with Gasteiger partial charge in [-0.2, -0.15) is 4.98 Å². The molecule has 1 aliphatic rings. The molecule has 29 heavy (non-hydrogen) atoms. The molecule has 1 aliphatic carbocycles. The zero-order valence-electron chi connectivity index (χ0n) is 17.0. The van der Waals surface area contributed by atoms with E-state index in [0.29, 0.717) is 17.6 Å². The third-order valence-electron chi connectivity index (χ3n) is 4.85. The molecule has 1 amide bonds. The maximum atomic E-state index is 12.7. The zero-order chi connectivity index (χ0) is 20.6. The Morgan fingerprint density at radius 3 is 2.69 bits per heavy atom. The third kappa shape index (κ3) is 5.93. The summed E-state index contributed by atoms with van der Waals surface area (Å²) in [5.41, 5.74) is 0.633. The normalized spacial score (nSPS) is 18.7. The summed E-state index contributed by atoms with van der Waals surface area (Å²) in [7, 11) is 3.92. The fraction of sp³-hybridized carbons (Fsp3) is 0.429. The van der Waals surface area contributed by atoms with Crippen molar-refractivity contribution in [1.82, 2.24) is 20.3 Å². The number of carbonyl (C=O) groups excluding carboxylic acids is 1. The molecule has 0 saturated heterocycles. The topological polar surface area (TPSA) is 83.0 Å². The fourth-order valence-electron chi connectivity index (χ4n) is 3.31. The molecular formula is C21H28N6OS. The van der Waals surface area contributed by atoms with Crippen molar-refractivity contribution in [3.63, 3.8) is 0 Å².